The van der Waals surface area contributed by atoms with E-state index in [-0.39, 0.29) is 18.4 Å². The third kappa shape index (κ3) is 5.10. The Balaban J connectivity index is 1.85. The van der Waals surface area contributed by atoms with E-state index in [1.54, 1.807) is 17.2 Å². The monoisotopic (exact) mass is 462 g/mol. The van der Waals surface area contributed by atoms with Crippen molar-refractivity contribution in [2.45, 2.75) is 38.6 Å². The maximum Gasteiger partial charge on any atom is 0.371 e. The summed E-state index contributed by atoms with van der Waals surface area (Å²) in [6, 6.07) is 3.65. The molecule has 2 aromatic heterocycles. The highest BCUT2D eigenvalue weighted by Crippen LogP contribution is 2.42. The van der Waals surface area contributed by atoms with Crippen molar-refractivity contribution in [1.29, 1.82) is 5.26 Å². The molecule has 11 nitrogen and oxygen atoms in total. The molecule has 1 unspecified atom stereocenters. The van der Waals surface area contributed by atoms with Crippen LogP contribution in [0.4, 0.5) is 5.82 Å². The van der Waals surface area contributed by atoms with Crippen molar-refractivity contribution < 1.29 is 14.3 Å². The Morgan fingerprint density at radius 2 is 2.25 bits per heavy atom. The molecule has 1 aliphatic rings. The van der Waals surface area contributed by atoms with Crippen LogP contribution < -0.4 is 15.7 Å². The first-order chi connectivity index (χ1) is 15.3. The van der Waals surface area contributed by atoms with Gasteiger partial charge >= 0.3 is 7.67 Å². The van der Waals surface area contributed by atoms with Gasteiger partial charge in [-0.15, -0.1) is 0 Å². The zero-order valence-electron chi connectivity index (χ0n) is 18.5. The second kappa shape index (κ2) is 10.4. The van der Waals surface area contributed by atoms with E-state index in [9.17, 15) is 14.3 Å². The largest absolute Gasteiger partial charge is 0.371 e. The van der Waals surface area contributed by atoms with Crippen molar-refractivity contribution in [1.82, 2.24) is 24.3 Å². The third-order valence-electron chi connectivity index (χ3n) is 6.02. The maximum atomic E-state index is 12.9. The summed E-state index contributed by atoms with van der Waals surface area (Å²) in [6.45, 7) is 4.15. The molecule has 1 aliphatic heterocycles. The predicted octanol–water partition coefficient (Wildman–Crippen LogP) is 1.30. The highest BCUT2D eigenvalue weighted by atomic mass is 31.2. The fourth-order valence-corrected chi connectivity index (χ4v) is 5.38. The number of likely N-dealkylation sites (tertiary alicyclic amines) is 1. The number of aromatic nitrogens is 3. The van der Waals surface area contributed by atoms with E-state index in [1.165, 1.54) is 10.7 Å². The van der Waals surface area contributed by atoms with E-state index in [4.69, 9.17) is 11.0 Å². The number of hydrogen-bond donors (Lipinski definition) is 3. The molecule has 174 valence electrons. The summed E-state index contributed by atoms with van der Waals surface area (Å²) in [5.41, 5.74) is 5.84. The Kier molecular flexibility index (Phi) is 7.85. The van der Waals surface area contributed by atoms with Gasteiger partial charge in [0.25, 0.3) is 0 Å². The van der Waals surface area contributed by atoms with Gasteiger partial charge in [0.15, 0.2) is 5.65 Å². The Hall–Kier alpha value is -2.51. The van der Waals surface area contributed by atoms with Crippen LogP contribution in [0, 0.1) is 17.2 Å². The SMILES string of the molecule is C[C@@H]1CCN(C(=O)CC#N)C[C@@H]1N(C)c1ncnc2c1ccn2P(=O)(O)NCCCCN. The molecule has 32 heavy (non-hydrogen) atoms. The van der Waals surface area contributed by atoms with E-state index in [2.05, 4.69) is 22.0 Å². The Morgan fingerprint density at radius 1 is 1.47 bits per heavy atom. The predicted molar refractivity (Wildman–Crippen MR) is 122 cm³/mol. The van der Waals surface area contributed by atoms with Crippen LogP contribution in [0.1, 0.15) is 32.6 Å². The van der Waals surface area contributed by atoms with Crippen LogP contribution in [0.25, 0.3) is 11.0 Å². The zero-order valence-corrected chi connectivity index (χ0v) is 19.4. The molecule has 0 spiro atoms. The van der Waals surface area contributed by atoms with Gasteiger partial charge in [-0.2, -0.15) is 5.26 Å². The molecule has 0 saturated carbocycles. The van der Waals surface area contributed by atoms with E-state index >= 15 is 0 Å². The normalized spacial score (nSPS) is 20.7. The summed E-state index contributed by atoms with van der Waals surface area (Å²) in [5, 5.41) is 12.2. The van der Waals surface area contributed by atoms with Crippen LogP contribution >= 0.6 is 7.67 Å². The Labute approximate surface area is 187 Å². The minimum atomic E-state index is -3.87. The molecule has 3 heterocycles. The number of nitriles is 1. The van der Waals surface area contributed by atoms with Crippen LogP contribution in [-0.2, 0) is 9.36 Å². The lowest BCUT2D eigenvalue weighted by Crippen LogP contribution is -2.52. The van der Waals surface area contributed by atoms with Gasteiger partial charge in [0.1, 0.15) is 18.6 Å². The number of unbranched alkanes of at least 4 members (excludes halogenated alkanes) is 1. The van der Waals surface area contributed by atoms with Gasteiger partial charge in [-0.05, 0) is 37.8 Å². The second-order valence-corrected chi connectivity index (χ2v) is 10.00. The minimum Gasteiger partial charge on any atom is -0.354 e. The standard InChI is InChI=1S/C20H31N8O3P/c1-15-6-11-27(18(29)5-9-22)13-17(15)26(2)19-16-7-12-28(20(16)24-14-23-19)32(30,31)25-10-4-3-8-21/h7,12,14-15,17H,3-6,8,10-11,13,21H2,1-2H3,(H2,25,30,31)/t15-,17+/m1/s1. The van der Waals surface area contributed by atoms with Gasteiger partial charge in [0.05, 0.1) is 17.5 Å². The van der Waals surface area contributed by atoms with Crippen molar-refractivity contribution >= 4 is 30.4 Å². The molecule has 1 fully saturated rings. The number of rotatable bonds is 9. The van der Waals surface area contributed by atoms with Gasteiger partial charge in [-0.25, -0.2) is 24.0 Å². The minimum absolute atomic E-state index is 0.0110. The number of nitrogens with zero attached hydrogens (tertiary/aromatic N) is 6. The number of hydrogen-bond acceptors (Lipinski definition) is 7. The number of anilines is 1. The van der Waals surface area contributed by atoms with Gasteiger partial charge in [0, 0.05) is 32.9 Å². The van der Waals surface area contributed by atoms with Crippen LogP contribution in [0.2, 0.25) is 0 Å². The van der Waals surface area contributed by atoms with Crippen LogP contribution in [0.5, 0.6) is 0 Å². The molecule has 1 amide bonds. The summed E-state index contributed by atoms with van der Waals surface area (Å²) in [6.07, 6.45) is 5.08. The molecule has 0 bridgehead atoms. The third-order valence-corrected chi connectivity index (χ3v) is 7.56. The van der Waals surface area contributed by atoms with E-state index in [0.717, 1.165) is 12.8 Å². The van der Waals surface area contributed by atoms with Crippen molar-refractivity contribution in [3.63, 3.8) is 0 Å². The first-order valence-electron chi connectivity index (χ1n) is 10.8. The van der Waals surface area contributed by atoms with Crippen molar-refractivity contribution in [2.75, 3.05) is 38.1 Å². The van der Waals surface area contributed by atoms with Crippen LogP contribution in [0.3, 0.4) is 0 Å². The molecule has 3 rings (SSSR count). The first kappa shape index (κ1) is 24.1. The smallest absolute Gasteiger partial charge is 0.354 e. The lowest BCUT2D eigenvalue weighted by atomic mass is 9.92. The molecule has 2 aromatic rings. The molecule has 0 radical (unpaired) electrons. The van der Waals surface area contributed by atoms with Crippen molar-refractivity contribution in [2.24, 2.45) is 11.7 Å². The highest BCUT2D eigenvalue weighted by molar-refractivity contribution is 7.54. The molecule has 1 saturated heterocycles. The van der Waals surface area contributed by atoms with Crippen molar-refractivity contribution in [3.8, 4) is 6.07 Å². The second-order valence-electron chi connectivity index (χ2n) is 8.16. The summed E-state index contributed by atoms with van der Waals surface area (Å²) < 4.78 is 14.2. The lowest BCUT2D eigenvalue weighted by molar-refractivity contribution is -0.131. The van der Waals surface area contributed by atoms with E-state index in [0.29, 0.717) is 55.4 Å². The van der Waals surface area contributed by atoms with Gasteiger partial charge in [-0.1, -0.05) is 6.92 Å². The van der Waals surface area contributed by atoms with Crippen molar-refractivity contribution in [3.05, 3.63) is 18.6 Å². The summed E-state index contributed by atoms with van der Waals surface area (Å²) >= 11 is 0. The number of amides is 1. The van der Waals surface area contributed by atoms with Gasteiger partial charge in [-0.3, -0.25) is 4.79 Å². The number of piperidine rings is 1. The number of carbonyl (C=O) groups is 1. The molecule has 4 N–H and O–H groups in total. The average Bonchev–Trinajstić information content (AvgIpc) is 3.22. The Morgan fingerprint density at radius 3 is 2.97 bits per heavy atom. The molecule has 3 atom stereocenters. The topological polar surface area (TPSA) is 153 Å². The fourth-order valence-electron chi connectivity index (χ4n) is 4.11. The molecule has 0 aliphatic carbocycles. The maximum absolute atomic E-state index is 12.9. The zero-order chi connectivity index (χ0) is 23.3. The van der Waals surface area contributed by atoms with E-state index < -0.39 is 7.67 Å². The lowest BCUT2D eigenvalue weighted by Gasteiger charge is -2.42. The summed E-state index contributed by atoms with van der Waals surface area (Å²) in [4.78, 5) is 35.2. The molecule has 12 heteroatoms. The van der Waals surface area contributed by atoms with Gasteiger partial charge in [0.2, 0.25) is 5.91 Å². The van der Waals surface area contributed by atoms with Crippen LogP contribution in [0.15, 0.2) is 18.6 Å². The average molecular weight is 462 g/mol. The highest BCUT2D eigenvalue weighted by Gasteiger charge is 2.33. The van der Waals surface area contributed by atoms with E-state index in [1.807, 2.05) is 18.0 Å². The number of nitrogens with one attached hydrogen (secondary N) is 1. The molecule has 0 aromatic carbocycles. The fraction of sp³-hybridized carbons (Fsp3) is 0.600. The quantitative estimate of drug-likeness (QED) is 0.369. The van der Waals surface area contributed by atoms with Crippen LogP contribution in [-0.4, -0.2) is 69.3 Å². The Bertz CT molecular complexity index is 1040. The number of fused-ring (bicyclic) bond motifs is 1. The first-order valence-corrected chi connectivity index (χ1v) is 12.4. The summed E-state index contributed by atoms with van der Waals surface area (Å²) in [7, 11) is -1.97. The molecular formula is C20H31N8O3P. The van der Waals surface area contributed by atoms with Gasteiger partial charge < -0.3 is 20.4 Å². The number of nitrogens with two attached hydrogens (primary N) is 1. The number of carbonyl (C=O) groups excluding carboxylic acids is 1. The molecular weight excluding hydrogens is 431 g/mol. The number of likely N-dealkylation sites (N-methyl/N-ethyl adjacent to an activating group) is 1. The summed E-state index contributed by atoms with van der Waals surface area (Å²) in [5.74, 6) is 0.758.